The lowest BCUT2D eigenvalue weighted by atomic mass is 9.73. The number of ether oxygens (including phenoxy) is 2. The van der Waals surface area contributed by atoms with E-state index >= 15 is 0 Å². The Labute approximate surface area is 241 Å². The van der Waals surface area contributed by atoms with Gasteiger partial charge < -0.3 is 20.1 Å². The van der Waals surface area contributed by atoms with E-state index in [4.69, 9.17) is 31.8 Å². The maximum absolute atomic E-state index is 13.0. The summed E-state index contributed by atoms with van der Waals surface area (Å²) in [6.07, 6.45) is 8.08. The van der Waals surface area contributed by atoms with Crippen LogP contribution in [-0.2, 0) is 17.7 Å². The lowest BCUT2D eigenvalue weighted by molar-refractivity contribution is 0.186. The first-order valence-corrected chi connectivity index (χ1v) is 14.5. The van der Waals surface area contributed by atoms with Crippen molar-refractivity contribution in [3.05, 3.63) is 75.6 Å². The average molecular weight is 579 g/mol. The van der Waals surface area contributed by atoms with Crippen molar-refractivity contribution in [2.75, 3.05) is 38.8 Å². The third kappa shape index (κ3) is 4.83. The lowest BCUT2D eigenvalue weighted by Crippen LogP contribution is -2.44. The standard InChI is InChI=1S/C29H31ClN6O3S/c1-38-12-11-36-17-34-21-5-6-22(26(30)25(21)28(36)37)40-24-16-32-23(15-33-24)35-9-7-29(8-10-35)14-18-3-4-19(39-2)13-20(18)27(29)31/h3-6,13,15-17,27H,7-12,14,31H2,1-2H3/t27-/m1/s1. The Hall–Kier alpha value is -3.18. The van der Waals surface area contributed by atoms with E-state index in [0.717, 1.165) is 48.8 Å². The van der Waals surface area contributed by atoms with E-state index in [1.54, 1.807) is 26.5 Å². The first-order valence-electron chi connectivity index (χ1n) is 13.3. The van der Waals surface area contributed by atoms with E-state index in [-0.39, 0.29) is 17.0 Å². The van der Waals surface area contributed by atoms with E-state index < -0.39 is 0 Å². The topological polar surface area (TPSA) is 108 Å². The zero-order valence-electron chi connectivity index (χ0n) is 22.5. The molecule has 6 rings (SSSR count). The molecule has 1 fully saturated rings. The summed E-state index contributed by atoms with van der Waals surface area (Å²) < 4.78 is 12.0. The number of hydrogen-bond donors (Lipinski definition) is 1. The lowest BCUT2D eigenvalue weighted by Gasteiger charge is -2.42. The Morgan fingerprint density at radius 1 is 1.12 bits per heavy atom. The van der Waals surface area contributed by atoms with Gasteiger partial charge in [0.2, 0.25) is 0 Å². The number of methoxy groups -OCH3 is 2. The van der Waals surface area contributed by atoms with E-state index in [9.17, 15) is 4.79 Å². The smallest absolute Gasteiger partial charge is 0.262 e. The molecular weight excluding hydrogens is 548 g/mol. The summed E-state index contributed by atoms with van der Waals surface area (Å²) in [6.45, 7) is 2.57. The summed E-state index contributed by atoms with van der Waals surface area (Å²) in [5, 5.41) is 1.46. The van der Waals surface area contributed by atoms with E-state index in [1.165, 1.54) is 33.8 Å². The van der Waals surface area contributed by atoms with Gasteiger partial charge in [0, 0.05) is 31.1 Å². The minimum Gasteiger partial charge on any atom is -0.497 e. The van der Waals surface area contributed by atoms with Gasteiger partial charge in [-0.2, -0.15) is 0 Å². The second-order valence-electron chi connectivity index (χ2n) is 10.4. The van der Waals surface area contributed by atoms with Gasteiger partial charge in [0.05, 0.1) is 54.9 Å². The Morgan fingerprint density at radius 2 is 1.95 bits per heavy atom. The molecule has 2 aliphatic rings. The largest absolute Gasteiger partial charge is 0.497 e. The van der Waals surface area contributed by atoms with Gasteiger partial charge in [0.15, 0.2) is 0 Å². The number of nitrogens with zero attached hydrogens (tertiary/aromatic N) is 5. The van der Waals surface area contributed by atoms with Crippen molar-refractivity contribution < 1.29 is 9.47 Å². The highest BCUT2D eigenvalue weighted by atomic mass is 35.5. The van der Waals surface area contributed by atoms with Crippen molar-refractivity contribution in [2.45, 2.75) is 41.8 Å². The third-order valence-electron chi connectivity index (χ3n) is 8.23. The maximum Gasteiger partial charge on any atom is 0.262 e. The van der Waals surface area contributed by atoms with E-state index in [2.05, 4.69) is 27.0 Å². The Kier molecular flexibility index (Phi) is 7.43. The van der Waals surface area contributed by atoms with Crippen molar-refractivity contribution in [1.29, 1.82) is 0 Å². The molecule has 2 N–H and O–H groups in total. The molecule has 1 aliphatic carbocycles. The van der Waals surface area contributed by atoms with Gasteiger partial charge in [0.25, 0.3) is 5.56 Å². The molecule has 1 spiro atoms. The van der Waals surface area contributed by atoms with Crippen LogP contribution < -0.4 is 20.9 Å². The molecule has 3 heterocycles. The fourth-order valence-corrected chi connectivity index (χ4v) is 7.01. The van der Waals surface area contributed by atoms with Crippen molar-refractivity contribution in [3.8, 4) is 5.75 Å². The Morgan fingerprint density at radius 3 is 2.67 bits per heavy atom. The molecule has 0 radical (unpaired) electrons. The van der Waals surface area contributed by atoms with Gasteiger partial charge in [-0.3, -0.25) is 9.36 Å². The highest BCUT2D eigenvalue weighted by Gasteiger charge is 2.46. The van der Waals surface area contributed by atoms with Crippen LogP contribution >= 0.6 is 23.4 Å². The van der Waals surface area contributed by atoms with Crippen LogP contribution in [-0.4, -0.2) is 53.4 Å². The average Bonchev–Trinajstić information content (AvgIpc) is 3.24. The predicted molar refractivity (Wildman–Crippen MR) is 157 cm³/mol. The molecule has 0 amide bonds. The maximum atomic E-state index is 13.0. The summed E-state index contributed by atoms with van der Waals surface area (Å²) >= 11 is 8.08. The molecule has 1 saturated heterocycles. The molecule has 0 bridgehead atoms. The summed E-state index contributed by atoms with van der Waals surface area (Å²) in [5.74, 6) is 1.71. The minimum atomic E-state index is -0.192. The van der Waals surface area contributed by atoms with Crippen LogP contribution in [0.15, 0.2) is 63.8 Å². The van der Waals surface area contributed by atoms with Crippen LogP contribution in [0.25, 0.3) is 10.9 Å². The van der Waals surface area contributed by atoms with Gasteiger partial charge in [-0.1, -0.05) is 29.4 Å². The third-order valence-corrected chi connectivity index (χ3v) is 9.72. The normalized spacial score (nSPS) is 17.9. The van der Waals surface area contributed by atoms with Crippen molar-refractivity contribution >= 4 is 40.1 Å². The van der Waals surface area contributed by atoms with Crippen LogP contribution in [0, 0.1) is 5.41 Å². The number of nitrogens with two attached hydrogens (primary N) is 1. The zero-order valence-corrected chi connectivity index (χ0v) is 24.0. The number of benzene rings is 2. The van der Waals surface area contributed by atoms with Gasteiger partial charge >= 0.3 is 0 Å². The van der Waals surface area contributed by atoms with E-state index in [1.807, 2.05) is 18.3 Å². The van der Waals surface area contributed by atoms with Crippen molar-refractivity contribution in [3.63, 3.8) is 0 Å². The number of rotatable bonds is 7. The second-order valence-corrected chi connectivity index (χ2v) is 11.8. The summed E-state index contributed by atoms with van der Waals surface area (Å²) in [4.78, 5) is 29.8. The molecule has 0 unspecified atom stereocenters. The van der Waals surface area contributed by atoms with Crippen LogP contribution in [0.3, 0.4) is 0 Å². The highest BCUT2D eigenvalue weighted by Crippen LogP contribution is 2.51. The quantitative estimate of drug-likeness (QED) is 0.339. The zero-order chi connectivity index (χ0) is 27.9. The van der Waals surface area contributed by atoms with Gasteiger partial charge in [-0.15, -0.1) is 0 Å². The Bertz CT molecular complexity index is 1600. The van der Waals surface area contributed by atoms with Gasteiger partial charge in [-0.05, 0) is 60.1 Å². The SMILES string of the molecule is COCCn1cnc2ccc(Sc3cnc(N4CCC5(CC4)Cc4ccc(OC)cc4[C@H]5N)cn3)c(Cl)c2c1=O. The summed E-state index contributed by atoms with van der Waals surface area (Å²) in [5.41, 5.74) is 9.78. The number of halogens is 1. The van der Waals surface area contributed by atoms with Gasteiger partial charge in [-0.25, -0.2) is 15.0 Å². The molecule has 1 aliphatic heterocycles. The summed E-state index contributed by atoms with van der Waals surface area (Å²) in [7, 11) is 3.29. The van der Waals surface area contributed by atoms with Crippen molar-refractivity contribution in [1.82, 2.24) is 19.5 Å². The van der Waals surface area contributed by atoms with Gasteiger partial charge in [0.1, 0.15) is 16.6 Å². The summed E-state index contributed by atoms with van der Waals surface area (Å²) in [6, 6.07) is 9.95. The van der Waals surface area contributed by atoms with Crippen LogP contribution in [0.5, 0.6) is 5.75 Å². The molecule has 208 valence electrons. The fourth-order valence-electron chi connectivity index (χ4n) is 5.89. The number of anilines is 1. The molecule has 2 aromatic carbocycles. The number of hydrogen-bond acceptors (Lipinski definition) is 9. The van der Waals surface area contributed by atoms with E-state index in [0.29, 0.717) is 34.1 Å². The van der Waals surface area contributed by atoms with Crippen LogP contribution in [0.2, 0.25) is 5.02 Å². The number of aromatic nitrogens is 4. The number of piperidine rings is 1. The molecule has 4 aromatic rings. The second kappa shape index (κ2) is 11.0. The minimum absolute atomic E-state index is 0.00982. The molecule has 2 aromatic heterocycles. The molecular formula is C29H31ClN6O3S. The first-order chi connectivity index (χ1) is 19.4. The molecule has 9 nitrogen and oxygen atoms in total. The monoisotopic (exact) mass is 578 g/mol. The molecule has 0 saturated carbocycles. The van der Waals surface area contributed by atoms with Crippen LogP contribution in [0.1, 0.15) is 30.0 Å². The number of fused-ring (bicyclic) bond motifs is 2. The van der Waals surface area contributed by atoms with Crippen LogP contribution in [0.4, 0.5) is 5.82 Å². The molecule has 1 atom stereocenters. The molecule has 40 heavy (non-hydrogen) atoms. The predicted octanol–water partition coefficient (Wildman–Crippen LogP) is 4.49. The fraction of sp³-hybridized carbons (Fsp3) is 0.379. The Balaban J connectivity index is 1.14. The van der Waals surface area contributed by atoms with Crippen molar-refractivity contribution in [2.24, 2.45) is 11.1 Å². The first kappa shape index (κ1) is 27.0. The molecule has 11 heteroatoms. The highest BCUT2D eigenvalue weighted by molar-refractivity contribution is 7.99.